The first-order valence-corrected chi connectivity index (χ1v) is 13.6. The van der Waals surface area contributed by atoms with Crippen LogP contribution in [0.3, 0.4) is 0 Å². The van der Waals surface area contributed by atoms with Crippen molar-refractivity contribution in [1.29, 1.82) is 0 Å². The first-order valence-electron chi connectivity index (χ1n) is 12.1. The second kappa shape index (κ2) is 20.0. The quantitative estimate of drug-likeness (QED) is 0.0778. The van der Waals surface area contributed by atoms with Crippen LogP contribution in [0.15, 0.2) is 12.2 Å². The summed E-state index contributed by atoms with van der Waals surface area (Å²) in [6.07, 6.45) is 11.0. The number of esters is 2. The third-order valence-electron chi connectivity index (χ3n) is 5.03. The van der Waals surface area contributed by atoms with Gasteiger partial charge < -0.3 is 29.5 Å². The minimum absolute atomic E-state index is 0.165. The van der Waals surface area contributed by atoms with Crippen molar-refractivity contribution in [2.45, 2.75) is 109 Å². The Bertz CT molecular complexity index is 619. The third-order valence-corrected chi connectivity index (χ3v) is 5.52. The van der Waals surface area contributed by atoms with Gasteiger partial charge in [-0.3, -0.25) is 14.1 Å². The van der Waals surface area contributed by atoms with E-state index >= 15 is 0 Å². The molecule has 10 nitrogen and oxygen atoms in total. The zero-order valence-electron chi connectivity index (χ0n) is 20.5. The van der Waals surface area contributed by atoms with Gasteiger partial charge in [-0.05, 0) is 32.1 Å². The summed E-state index contributed by atoms with van der Waals surface area (Å²) in [5.74, 6) is -1.19. The van der Waals surface area contributed by atoms with Gasteiger partial charge in [0.25, 0.3) is 0 Å². The number of unbranched alkanes of at least 4 members (excludes halogenated alkanes) is 7. The number of ether oxygens (including phenoxy) is 2. The van der Waals surface area contributed by atoms with E-state index in [1.54, 1.807) is 0 Å². The van der Waals surface area contributed by atoms with Crippen LogP contribution in [-0.4, -0.2) is 63.5 Å². The first-order chi connectivity index (χ1) is 16.0. The smallest absolute Gasteiger partial charge is 0.462 e. The van der Waals surface area contributed by atoms with E-state index in [0.29, 0.717) is 19.3 Å². The number of hydrogen-bond donors (Lipinski definition) is 4. The number of aliphatic hydroxyl groups excluding tert-OH is 2. The van der Waals surface area contributed by atoms with Crippen LogP contribution in [0, 0.1) is 0 Å². The Morgan fingerprint density at radius 3 is 2.24 bits per heavy atom. The van der Waals surface area contributed by atoms with Gasteiger partial charge in [0.1, 0.15) is 6.61 Å². The molecule has 0 radical (unpaired) electrons. The molecule has 3 atom stereocenters. The van der Waals surface area contributed by atoms with Gasteiger partial charge in [-0.15, -0.1) is 0 Å². The van der Waals surface area contributed by atoms with Gasteiger partial charge in [0.2, 0.25) is 0 Å². The Morgan fingerprint density at radius 1 is 0.912 bits per heavy atom. The zero-order chi connectivity index (χ0) is 25.8. The molecule has 0 aromatic heterocycles. The van der Waals surface area contributed by atoms with Crippen molar-refractivity contribution in [2.75, 3.05) is 13.2 Å². The SMILES string of the molecule is CCCCC/C=C\C[C@@H](O)[C@H](O)CCCCCCCC(=O)OC[C@H](COP(=O)(O)O)OC(C)=O. The lowest BCUT2D eigenvalue weighted by Gasteiger charge is -2.17. The molecule has 11 heteroatoms. The van der Waals surface area contributed by atoms with Crippen LogP contribution in [0.5, 0.6) is 0 Å². The van der Waals surface area contributed by atoms with Gasteiger partial charge in [0.05, 0.1) is 18.8 Å². The van der Waals surface area contributed by atoms with Crippen LogP contribution in [0.2, 0.25) is 0 Å². The molecule has 0 rings (SSSR count). The number of phosphoric ester groups is 1. The molecule has 0 aromatic rings. The molecular weight excluding hydrogens is 467 g/mol. The molecular formula is C23H43O10P. The van der Waals surface area contributed by atoms with Gasteiger partial charge in [-0.1, -0.05) is 57.6 Å². The van der Waals surface area contributed by atoms with Crippen molar-refractivity contribution in [2.24, 2.45) is 0 Å². The minimum Gasteiger partial charge on any atom is -0.462 e. The topological polar surface area (TPSA) is 160 Å². The van der Waals surface area contributed by atoms with Crippen molar-refractivity contribution in [3.05, 3.63) is 12.2 Å². The van der Waals surface area contributed by atoms with Crippen molar-refractivity contribution >= 4 is 19.8 Å². The lowest BCUT2D eigenvalue weighted by molar-refractivity contribution is -0.159. The molecule has 0 unspecified atom stereocenters. The molecule has 0 spiro atoms. The molecule has 0 aliphatic carbocycles. The molecule has 0 aromatic carbocycles. The van der Waals surface area contributed by atoms with Gasteiger partial charge >= 0.3 is 19.8 Å². The van der Waals surface area contributed by atoms with Crippen molar-refractivity contribution in [3.63, 3.8) is 0 Å². The summed E-state index contributed by atoms with van der Waals surface area (Å²) in [4.78, 5) is 40.3. The van der Waals surface area contributed by atoms with E-state index in [1.165, 1.54) is 12.8 Å². The molecule has 4 N–H and O–H groups in total. The van der Waals surface area contributed by atoms with E-state index in [-0.39, 0.29) is 13.0 Å². The van der Waals surface area contributed by atoms with Crippen LogP contribution < -0.4 is 0 Å². The lowest BCUT2D eigenvalue weighted by Crippen LogP contribution is -2.28. The van der Waals surface area contributed by atoms with Crippen LogP contribution in [-0.2, 0) is 28.2 Å². The first kappa shape index (κ1) is 32.7. The Morgan fingerprint density at radius 2 is 1.59 bits per heavy atom. The Labute approximate surface area is 202 Å². The van der Waals surface area contributed by atoms with Crippen LogP contribution in [0.25, 0.3) is 0 Å². The summed E-state index contributed by atoms with van der Waals surface area (Å²) >= 11 is 0. The number of carbonyl (C=O) groups is 2. The van der Waals surface area contributed by atoms with E-state index in [9.17, 15) is 24.4 Å². The molecule has 0 aliphatic rings. The van der Waals surface area contributed by atoms with E-state index in [0.717, 1.165) is 45.4 Å². The lowest BCUT2D eigenvalue weighted by atomic mass is 10.0. The normalized spacial score (nSPS) is 14.6. The van der Waals surface area contributed by atoms with Crippen LogP contribution >= 0.6 is 7.82 Å². The predicted octanol–water partition coefficient (Wildman–Crippen LogP) is 3.55. The molecule has 0 aliphatic heterocycles. The van der Waals surface area contributed by atoms with Crippen LogP contribution in [0.4, 0.5) is 0 Å². The average molecular weight is 511 g/mol. The monoisotopic (exact) mass is 510 g/mol. The van der Waals surface area contributed by atoms with Crippen molar-refractivity contribution in [1.82, 2.24) is 0 Å². The van der Waals surface area contributed by atoms with E-state index in [1.807, 2.05) is 6.08 Å². The number of hydrogen-bond acceptors (Lipinski definition) is 8. The zero-order valence-corrected chi connectivity index (χ0v) is 21.4. The molecule has 0 saturated carbocycles. The molecule has 200 valence electrons. The summed E-state index contributed by atoms with van der Waals surface area (Å²) in [5, 5.41) is 20.1. The Balaban J connectivity index is 3.86. The summed E-state index contributed by atoms with van der Waals surface area (Å²) in [6.45, 7) is 2.33. The summed E-state index contributed by atoms with van der Waals surface area (Å²) in [5.41, 5.74) is 0. The largest absolute Gasteiger partial charge is 0.469 e. The predicted molar refractivity (Wildman–Crippen MR) is 127 cm³/mol. The standard InChI is InChI=1S/C23H43O10P/c1-3-4-5-6-8-11-14-21(25)22(26)15-12-9-7-10-13-16-23(27)31-17-20(33-19(2)24)18-32-34(28,29)30/h8,11,20-22,25-26H,3-7,9-10,12-18H2,1-2H3,(H2,28,29,30)/b11-8-/t20-,21-,22-/m1/s1. The summed E-state index contributed by atoms with van der Waals surface area (Å²) in [7, 11) is -4.73. The van der Waals surface area contributed by atoms with E-state index < -0.39 is 44.7 Å². The maximum absolute atomic E-state index is 11.8. The summed E-state index contributed by atoms with van der Waals surface area (Å²) in [6, 6.07) is 0. The van der Waals surface area contributed by atoms with Gasteiger partial charge in [-0.2, -0.15) is 0 Å². The highest BCUT2D eigenvalue weighted by molar-refractivity contribution is 7.46. The molecule has 0 bridgehead atoms. The molecule has 0 heterocycles. The minimum atomic E-state index is -4.73. The van der Waals surface area contributed by atoms with Gasteiger partial charge in [-0.25, -0.2) is 4.57 Å². The van der Waals surface area contributed by atoms with Gasteiger partial charge in [0, 0.05) is 13.3 Å². The second-order valence-corrected chi connectivity index (χ2v) is 9.58. The molecule has 34 heavy (non-hydrogen) atoms. The highest BCUT2D eigenvalue weighted by atomic mass is 31.2. The number of aliphatic hydroxyl groups is 2. The fourth-order valence-corrected chi connectivity index (χ4v) is 3.52. The Kier molecular flexibility index (Phi) is 19.2. The number of allylic oxidation sites excluding steroid dienone is 1. The van der Waals surface area contributed by atoms with E-state index in [2.05, 4.69) is 17.5 Å². The third kappa shape index (κ3) is 21.3. The number of carbonyl (C=O) groups excluding carboxylic acids is 2. The maximum Gasteiger partial charge on any atom is 0.469 e. The highest BCUT2D eigenvalue weighted by Crippen LogP contribution is 2.35. The fourth-order valence-electron chi connectivity index (χ4n) is 3.16. The van der Waals surface area contributed by atoms with E-state index in [4.69, 9.17) is 19.3 Å². The second-order valence-electron chi connectivity index (χ2n) is 8.34. The van der Waals surface area contributed by atoms with Crippen molar-refractivity contribution < 1.29 is 48.2 Å². The molecule has 0 amide bonds. The molecule has 0 fully saturated rings. The maximum atomic E-state index is 11.8. The van der Waals surface area contributed by atoms with Gasteiger partial charge in [0.15, 0.2) is 6.10 Å². The Hall–Kier alpha value is -1.29. The van der Waals surface area contributed by atoms with Crippen molar-refractivity contribution in [3.8, 4) is 0 Å². The van der Waals surface area contributed by atoms with Crippen LogP contribution in [0.1, 0.15) is 90.9 Å². The average Bonchev–Trinajstić information content (AvgIpc) is 2.76. The molecule has 0 saturated heterocycles. The number of phosphoric acid groups is 1. The fraction of sp³-hybridized carbons (Fsp3) is 0.826. The highest BCUT2D eigenvalue weighted by Gasteiger charge is 2.21. The number of rotatable bonds is 21. The summed E-state index contributed by atoms with van der Waals surface area (Å²) < 4.78 is 24.9.